The van der Waals surface area contributed by atoms with Crippen molar-refractivity contribution >= 4 is 51.8 Å². The number of amides is 3. The van der Waals surface area contributed by atoms with Crippen molar-refractivity contribution < 1.29 is 37.5 Å². The molecule has 12 nitrogen and oxygen atoms in total. The molecule has 0 radical (unpaired) electrons. The number of hydrogen-bond donors (Lipinski definition) is 7. The number of para-hydroxylation sites is 1. The molecule has 3 aromatic carbocycles. The van der Waals surface area contributed by atoms with Crippen LogP contribution in [-0.4, -0.2) is 65.6 Å². The number of nitrogens with one attached hydrogen (secondary N) is 4. The second-order valence-electron chi connectivity index (χ2n) is 11.4. The topological polar surface area (TPSA) is 204 Å². The van der Waals surface area contributed by atoms with E-state index < -0.39 is 42.1 Å². The Balaban J connectivity index is 0.00000103. The zero-order chi connectivity index (χ0) is 36.0. The van der Waals surface area contributed by atoms with Crippen LogP contribution in [-0.2, 0) is 19.2 Å². The van der Waals surface area contributed by atoms with Crippen molar-refractivity contribution in [2.24, 2.45) is 17.4 Å². The lowest BCUT2D eigenvalue weighted by Gasteiger charge is -2.32. The minimum Gasteiger partial charge on any atom is -0.475 e. The summed E-state index contributed by atoms with van der Waals surface area (Å²) in [6, 6.07) is 19.7. The van der Waals surface area contributed by atoms with Crippen LogP contribution in [0.4, 0.5) is 24.5 Å². The highest BCUT2D eigenvalue weighted by Gasteiger charge is 2.38. The van der Waals surface area contributed by atoms with E-state index >= 15 is 0 Å². The molecule has 0 aromatic heterocycles. The summed E-state index contributed by atoms with van der Waals surface area (Å²) in [5.41, 5.74) is 12.8. The summed E-state index contributed by atoms with van der Waals surface area (Å²) in [6.07, 6.45) is -3.87. The van der Waals surface area contributed by atoms with Crippen LogP contribution in [0, 0.1) is 11.3 Å². The van der Waals surface area contributed by atoms with Crippen LogP contribution in [0.2, 0.25) is 0 Å². The number of carboxylic acid groups (broad SMARTS) is 1. The quantitative estimate of drug-likeness (QED) is 0.0802. The molecule has 48 heavy (non-hydrogen) atoms. The fraction of sp³-hybridized carbons (Fsp3) is 0.364. The maximum absolute atomic E-state index is 13.6. The van der Waals surface area contributed by atoms with Gasteiger partial charge in [-0.1, -0.05) is 62.4 Å². The third-order valence-corrected chi connectivity index (χ3v) is 6.96. The SMILES string of the molecule is CC(C)CC(N)C(=O)N(c1ccccc1)C(C)C(=O)N[C@H](CCCNC(=N)N)C(=O)Nc1ccc2ccccc2c1.O=C(O)C(F)(F)F. The van der Waals surface area contributed by atoms with E-state index in [4.69, 9.17) is 26.8 Å². The normalized spacial score (nSPS) is 12.9. The molecule has 0 saturated heterocycles. The van der Waals surface area contributed by atoms with E-state index in [0.29, 0.717) is 30.8 Å². The first-order valence-electron chi connectivity index (χ1n) is 15.1. The maximum Gasteiger partial charge on any atom is 0.490 e. The molecule has 0 saturated carbocycles. The third kappa shape index (κ3) is 12.5. The van der Waals surface area contributed by atoms with Crippen LogP contribution in [0.5, 0.6) is 0 Å². The summed E-state index contributed by atoms with van der Waals surface area (Å²) in [4.78, 5) is 50.8. The summed E-state index contributed by atoms with van der Waals surface area (Å²) in [5.74, 6) is -3.98. The maximum atomic E-state index is 13.6. The van der Waals surface area contributed by atoms with Gasteiger partial charge in [-0.05, 0) is 67.1 Å². The Kier molecular flexibility index (Phi) is 14.8. The van der Waals surface area contributed by atoms with Gasteiger partial charge in [-0.2, -0.15) is 13.2 Å². The lowest BCUT2D eigenvalue weighted by molar-refractivity contribution is -0.192. The molecule has 0 spiro atoms. The lowest BCUT2D eigenvalue weighted by Crippen LogP contribution is -2.56. The number of fused-ring (bicyclic) bond motifs is 1. The molecule has 0 aliphatic heterocycles. The average Bonchev–Trinajstić information content (AvgIpc) is 3.02. The number of aliphatic carboxylic acids is 1. The second-order valence-corrected chi connectivity index (χ2v) is 11.4. The second kappa shape index (κ2) is 18.2. The van der Waals surface area contributed by atoms with Crippen molar-refractivity contribution in [3.63, 3.8) is 0 Å². The monoisotopic (exact) mass is 673 g/mol. The number of hydrogen-bond acceptors (Lipinski definition) is 6. The molecule has 9 N–H and O–H groups in total. The van der Waals surface area contributed by atoms with E-state index in [1.165, 1.54) is 4.90 Å². The Morgan fingerprint density at radius 2 is 1.50 bits per heavy atom. The first kappa shape index (κ1) is 39.0. The summed E-state index contributed by atoms with van der Waals surface area (Å²) in [5, 5.41) is 25.0. The van der Waals surface area contributed by atoms with E-state index in [-0.39, 0.29) is 24.2 Å². The average molecular weight is 674 g/mol. The third-order valence-electron chi connectivity index (χ3n) is 6.96. The van der Waals surface area contributed by atoms with Crippen LogP contribution in [0.1, 0.15) is 40.0 Å². The van der Waals surface area contributed by atoms with Crippen molar-refractivity contribution in [1.82, 2.24) is 10.6 Å². The van der Waals surface area contributed by atoms with E-state index in [2.05, 4.69) is 16.0 Å². The first-order chi connectivity index (χ1) is 22.5. The molecular formula is C33H42F3N7O5. The van der Waals surface area contributed by atoms with Crippen LogP contribution >= 0.6 is 0 Å². The van der Waals surface area contributed by atoms with Gasteiger partial charge in [0.2, 0.25) is 17.7 Å². The minimum absolute atomic E-state index is 0.172. The van der Waals surface area contributed by atoms with Gasteiger partial charge in [0.25, 0.3) is 0 Å². The predicted molar refractivity (Wildman–Crippen MR) is 178 cm³/mol. The van der Waals surface area contributed by atoms with Gasteiger partial charge < -0.3 is 32.5 Å². The number of carbonyl (C=O) groups is 4. The fourth-order valence-electron chi connectivity index (χ4n) is 4.62. The predicted octanol–water partition coefficient (Wildman–Crippen LogP) is 3.95. The highest BCUT2D eigenvalue weighted by atomic mass is 19.4. The highest BCUT2D eigenvalue weighted by Crippen LogP contribution is 2.21. The van der Waals surface area contributed by atoms with Gasteiger partial charge in [-0.3, -0.25) is 24.7 Å². The molecule has 3 atom stereocenters. The fourth-order valence-corrected chi connectivity index (χ4v) is 4.62. The largest absolute Gasteiger partial charge is 0.490 e. The molecule has 0 aliphatic rings. The first-order valence-corrected chi connectivity index (χ1v) is 15.1. The van der Waals surface area contributed by atoms with Crippen LogP contribution in [0.3, 0.4) is 0 Å². The Bertz CT molecular complexity index is 1550. The molecule has 3 amide bonds. The molecular weight excluding hydrogens is 631 g/mol. The van der Waals surface area contributed by atoms with Crippen LogP contribution in [0.25, 0.3) is 10.8 Å². The van der Waals surface area contributed by atoms with Gasteiger partial charge in [-0.15, -0.1) is 0 Å². The smallest absolute Gasteiger partial charge is 0.475 e. The number of guanidine groups is 1. The summed E-state index contributed by atoms with van der Waals surface area (Å²) < 4.78 is 31.7. The van der Waals surface area contributed by atoms with E-state index in [0.717, 1.165) is 10.8 Å². The van der Waals surface area contributed by atoms with Crippen molar-refractivity contribution in [3.8, 4) is 0 Å². The number of rotatable bonds is 13. The molecule has 260 valence electrons. The number of carboxylic acids is 1. The Hall–Kier alpha value is -5.18. The van der Waals surface area contributed by atoms with Gasteiger partial charge in [0.15, 0.2) is 5.96 Å². The lowest BCUT2D eigenvalue weighted by atomic mass is 10.0. The molecule has 3 aromatic rings. The zero-order valence-electron chi connectivity index (χ0n) is 26.9. The number of carbonyl (C=O) groups excluding carboxylic acids is 3. The van der Waals surface area contributed by atoms with E-state index in [1.54, 1.807) is 31.2 Å². The molecule has 3 rings (SSSR count). The number of anilines is 2. The van der Waals surface area contributed by atoms with Crippen molar-refractivity contribution in [1.29, 1.82) is 5.41 Å². The molecule has 0 heterocycles. The Labute approximate surface area is 276 Å². The zero-order valence-corrected chi connectivity index (χ0v) is 26.9. The van der Waals surface area contributed by atoms with Gasteiger partial charge in [0, 0.05) is 17.9 Å². The van der Waals surface area contributed by atoms with Gasteiger partial charge in [0.05, 0.1) is 6.04 Å². The van der Waals surface area contributed by atoms with Crippen LogP contribution in [0.15, 0.2) is 72.8 Å². The molecule has 0 bridgehead atoms. The van der Waals surface area contributed by atoms with E-state index in [1.807, 2.05) is 62.4 Å². The van der Waals surface area contributed by atoms with E-state index in [9.17, 15) is 27.6 Å². The number of benzene rings is 3. The number of alkyl halides is 3. The summed E-state index contributed by atoms with van der Waals surface area (Å²) in [6.45, 7) is 5.95. The number of nitrogens with zero attached hydrogens (tertiary/aromatic N) is 1. The summed E-state index contributed by atoms with van der Waals surface area (Å²) >= 11 is 0. The molecule has 15 heteroatoms. The minimum atomic E-state index is -5.08. The molecule has 0 fully saturated rings. The standard InChI is InChI=1S/C31H41N7O3.C2HF3O2/c1-20(2)18-26(32)30(41)38(25-12-5-4-6-13-25)21(3)28(39)37-27(14-9-17-35-31(33)34)29(40)36-24-16-15-22-10-7-8-11-23(22)19-24;3-2(4,5)1(6)7/h4-8,10-13,15-16,19-21,26-27H,9,14,17-18,32H2,1-3H3,(H,36,40)(H,37,39)(H4,33,34,35);(H,6,7)/t21?,26?,27-;/m1./s1. The van der Waals surface area contributed by atoms with Gasteiger partial charge in [-0.25, -0.2) is 4.79 Å². The molecule has 0 aliphatic carbocycles. The Morgan fingerprint density at radius 1 is 0.917 bits per heavy atom. The van der Waals surface area contributed by atoms with Crippen molar-refractivity contribution in [2.45, 2.75) is 64.3 Å². The van der Waals surface area contributed by atoms with Gasteiger partial charge in [0.1, 0.15) is 12.1 Å². The van der Waals surface area contributed by atoms with Crippen molar-refractivity contribution in [3.05, 3.63) is 72.8 Å². The molecule has 2 unspecified atom stereocenters. The number of halogens is 3. The number of nitrogens with two attached hydrogens (primary N) is 2. The Morgan fingerprint density at radius 3 is 2.06 bits per heavy atom. The summed E-state index contributed by atoms with van der Waals surface area (Å²) in [7, 11) is 0. The van der Waals surface area contributed by atoms with Gasteiger partial charge >= 0.3 is 12.1 Å². The van der Waals surface area contributed by atoms with Crippen molar-refractivity contribution in [2.75, 3.05) is 16.8 Å². The van der Waals surface area contributed by atoms with Crippen LogP contribution < -0.4 is 32.3 Å². The highest BCUT2D eigenvalue weighted by molar-refractivity contribution is 6.04.